The third kappa shape index (κ3) is 8.05. The molecule has 1 heterocycles. The van der Waals surface area contributed by atoms with Gasteiger partial charge in [0.25, 0.3) is 0 Å². The van der Waals surface area contributed by atoms with Crippen LogP contribution in [-0.4, -0.2) is 56.9 Å². The van der Waals surface area contributed by atoms with Gasteiger partial charge >= 0.3 is 6.03 Å². The summed E-state index contributed by atoms with van der Waals surface area (Å²) in [4.78, 5) is 14.9. The van der Waals surface area contributed by atoms with Crippen molar-refractivity contribution in [3.05, 3.63) is 35.9 Å². The molecule has 2 fully saturated rings. The summed E-state index contributed by atoms with van der Waals surface area (Å²) in [7, 11) is 1.72. The van der Waals surface area contributed by atoms with Gasteiger partial charge in [0.15, 0.2) is 0 Å². The average molecular weight is 446 g/mol. The molecule has 3 rings (SSSR count). The van der Waals surface area contributed by atoms with E-state index in [9.17, 15) is 4.79 Å². The molecular weight excluding hydrogens is 402 g/mol. The second kappa shape index (κ2) is 13.8. The molecule has 1 saturated heterocycles. The second-order valence-electron chi connectivity index (χ2n) is 9.58. The van der Waals surface area contributed by atoms with Gasteiger partial charge in [-0.1, -0.05) is 62.4 Å². The van der Waals surface area contributed by atoms with Gasteiger partial charge < -0.3 is 25.4 Å². The first kappa shape index (κ1) is 25.0. The highest BCUT2D eigenvalue weighted by atomic mass is 16.5. The number of carbonyl (C=O) groups is 1. The lowest BCUT2D eigenvalue weighted by molar-refractivity contribution is -0.0166. The van der Waals surface area contributed by atoms with Crippen LogP contribution >= 0.6 is 0 Å². The Balaban J connectivity index is 1.50. The smallest absolute Gasteiger partial charge is 0.317 e. The predicted octanol–water partition coefficient (Wildman–Crippen LogP) is 4.50. The molecule has 0 bridgehead atoms. The lowest BCUT2D eigenvalue weighted by atomic mass is 9.85. The molecule has 1 aromatic carbocycles. The van der Waals surface area contributed by atoms with Gasteiger partial charge in [-0.15, -0.1) is 0 Å². The number of rotatable bonds is 11. The molecule has 0 aromatic heterocycles. The fourth-order valence-electron chi connectivity index (χ4n) is 5.27. The van der Waals surface area contributed by atoms with Gasteiger partial charge in [-0.3, -0.25) is 0 Å². The highest BCUT2D eigenvalue weighted by molar-refractivity contribution is 5.74. The third-order valence-electron chi connectivity index (χ3n) is 6.97. The SMILES string of the molecule is COCCCOC(c1ccccc1)C1CCCN(C(=O)NCC(N)CC2CCCCC2)C1. The van der Waals surface area contributed by atoms with E-state index < -0.39 is 0 Å². The summed E-state index contributed by atoms with van der Waals surface area (Å²) in [6, 6.07) is 10.5. The Morgan fingerprint density at radius 3 is 2.66 bits per heavy atom. The molecule has 180 valence electrons. The lowest BCUT2D eigenvalue weighted by Gasteiger charge is -2.37. The highest BCUT2D eigenvalue weighted by Gasteiger charge is 2.31. The summed E-state index contributed by atoms with van der Waals surface area (Å²) in [6.45, 7) is 3.43. The minimum atomic E-state index is -0.00258. The number of likely N-dealkylation sites (tertiary alicyclic amines) is 1. The van der Waals surface area contributed by atoms with Crippen molar-refractivity contribution in [2.24, 2.45) is 17.6 Å². The van der Waals surface area contributed by atoms with E-state index in [1.54, 1.807) is 7.11 Å². The molecule has 2 amide bonds. The van der Waals surface area contributed by atoms with E-state index in [0.29, 0.717) is 26.3 Å². The molecule has 1 aliphatic heterocycles. The Bertz CT molecular complexity index is 651. The molecule has 3 unspecified atom stereocenters. The molecular formula is C26H43N3O3. The number of hydrogen-bond donors (Lipinski definition) is 2. The number of nitrogens with one attached hydrogen (secondary N) is 1. The highest BCUT2D eigenvalue weighted by Crippen LogP contribution is 2.33. The van der Waals surface area contributed by atoms with Crippen molar-refractivity contribution in [1.29, 1.82) is 0 Å². The number of urea groups is 1. The summed E-state index contributed by atoms with van der Waals surface area (Å²) in [6.07, 6.45) is 10.6. The predicted molar refractivity (Wildman–Crippen MR) is 128 cm³/mol. The zero-order valence-electron chi connectivity index (χ0n) is 19.8. The molecule has 6 nitrogen and oxygen atoms in total. The zero-order chi connectivity index (χ0) is 22.6. The van der Waals surface area contributed by atoms with Crippen LogP contribution in [0, 0.1) is 11.8 Å². The van der Waals surface area contributed by atoms with Crippen LogP contribution in [0.25, 0.3) is 0 Å². The maximum Gasteiger partial charge on any atom is 0.317 e. The monoisotopic (exact) mass is 445 g/mol. The third-order valence-corrected chi connectivity index (χ3v) is 6.97. The van der Waals surface area contributed by atoms with Gasteiger partial charge in [-0.25, -0.2) is 4.79 Å². The Morgan fingerprint density at radius 2 is 1.91 bits per heavy atom. The van der Waals surface area contributed by atoms with Crippen LogP contribution in [0.5, 0.6) is 0 Å². The van der Waals surface area contributed by atoms with Gasteiger partial charge in [-0.05, 0) is 37.2 Å². The number of nitrogens with zero attached hydrogens (tertiary/aromatic N) is 1. The Morgan fingerprint density at radius 1 is 1.12 bits per heavy atom. The standard InChI is InChI=1S/C26H43N3O3/c1-31-16-9-17-32-25(22-12-6-3-7-13-22)23-14-8-15-29(20-23)26(30)28-19-24(27)18-21-10-4-2-5-11-21/h3,6-7,12-13,21,23-25H,2,4-5,8-11,14-20,27H2,1H3,(H,28,30). The van der Waals surface area contributed by atoms with Crippen molar-refractivity contribution in [2.75, 3.05) is 40.0 Å². The molecule has 1 aromatic rings. The van der Waals surface area contributed by atoms with Crippen molar-refractivity contribution in [3.8, 4) is 0 Å². The van der Waals surface area contributed by atoms with Gasteiger partial charge in [-0.2, -0.15) is 0 Å². The number of ether oxygens (including phenoxy) is 2. The normalized spacial score (nSPS) is 21.8. The average Bonchev–Trinajstić information content (AvgIpc) is 2.84. The molecule has 3 N–H and O–H groups in total. The quantitative estimate of drug-likeness (QED) is 0.492. The van der Waals surface area contributed by atoms with E-state index in [1.165, 1.54) is 37.7 Å². The van der Waals surface area contributed by atoms with Crippen LogP contribution in [0.2, 0.25) is 0 Å². The summed E-state index contributed by atoms with van der Waals surface area (Å²) >= 11 is 0. The van der Waals surface area contributed by atoms with Crippen molar-refractivity contribution < 1.29 is 14.3 Å². The van der Waals surface area contributed by atoms with Crippen LogP contribution in [-0.2, 0) is 9.47 Å². The zero-order valence-corrected chi connectivity index (χ0v) is 19.8. The topological polar surface area (TPSA) is 76.8 Å². The summed E-state index contributed by atoms with van der Waals surface area (Å²) in [5, 5.41) is 3.11. The first-order valence-corrected chi connectivity index (χ1v) is 12.6. The van der Waals surface area contributed by atoms with Crippen molar-refractivity contribution in [1.82, 2.24) is 10.2 Å². The Hall–Kier alpha value is -1.63. The lowest BCUT2D eigenvalue weighted by Crippen LogP contribution is -2.49. The molecule has 3 atom stereocenters. The van der Waals surface area contributed by atoms with E-state index in [1.807, 2.05) is 11.0 Å². The van der Waals surface area contributed by atoms with E-state index in [2.05, 4.69) is 29.6 Å². The first-order valence-electron chi connectivity index (χ1n) is 12.6. The molecule has 0 radical (unpaired) electrons. The van der Waals surface area contributed by atoms with Crippen LogP contribution < -0.4 is 11.1 Å². The minimum Gasteiger partial charge on any atom is -0.385 e. The van der Waals surface area contributed by atoms with E-state index in [4.69, 9.17) is 15.2 Å². The molecule has 6 heteroatoms. The largest absolute Gasteiger partial charge is 0.385 e. The van der Waals surface area contributed by atoms with Crippen LogP contribution in [0.1, 0.15) is 69.5 Å². The number of amides is 2. The molecule has 1 saturated carbocycles. The van der Waals surface area contributed by atoms with Crippen molar-refractivity contribution in [2.45, 2.75) is 69.9 Å². The molecule has 1 aliphatic carbocycles. The molecule has 32 heavy (non-hydrogen) atoms. The minimum absolute atomic E-state index is 0.00258. The fraction of sp³-hybridized carbons (Fsp3) is 0.731. The van der Waals surface area contributed by atoms with E-state index in [-0.39, 0.29) is 24.1 Å². The van der Waals surface area contributed by atoms with Crippen molar-refractivity contribution >= 4 is 6.03 Å². The number of nitrogens with two attached hydrogens (primary N) is 1. The van der Waals surface area contributed by atoms with E-state index in [0.717, 1.165) is 38.1 Å². The van der Waals surface area contributed by atoms with Gasteiger partial charge in [0.05, 0.1) is 6.10 Å². The number of piperidine rings is 1. The summed E-state index contributed by atoms with van der Waals surface area (Å²) < 4.78 is 11.5. The fourth-order valence-corrected chi connectivity index (χ4v) is 5.27. The number of benzene rings is 1. The van der Waals surface area contributed by atoms with E-state index >= 15 is 0 Å². The number of hydrogen-bond acceptors (Lipinski definition) is 4. The summed E-state index contributed by atoms with van der Waals surface area (Å²) in [5.41, 5.74) is 7.54. The number of carbonyl (C=O) groups excluding carboxylic acids is 1. The first-order chi connectivity index (χ1) is 15.7. The molecule has 0 spiro atoms. The Kier molecular flexibility index (Phi) is 10.8. The maximum atomic E-state index is 12.9. The van der Waals surface area contributed by atoms with Crippen LogP contribution in [0.4, 0.5) is 4.79 Å². The Labute approximate surface area is 194 Å². The second-order valence-corrected chi connectivity index (χ2v) is 9.58. The molecule has 2 aliphatic rings. The van der Waals surface area contributed by atoms with Gasteiger partial charge in [0.2, 0.25) is 0 Å². The maximum absolute atomic E-state index is 12.9. The summed E-state index contributed by atoms with van der Waals surface area (Å²) in [5.74, 6) is 1.02. The van der Waals surface area contributed by atoms with Crippen LogP contribution in [0.15, 0.2) is 30.3 Å². The number of methoxy groups -OCH3 is 1. The van der Waals surface area contributed by atoms with Crippen molar-refractivity contribution in [3.63, 3.8) is 0 Å². The van der Waals surface area contributed by atoms with Crippen LogP contribution in [0.3, 0.4) is 0 Å². The van der Waals surface area contributed by atoms with Gasteiger partial charge in [0, 0.05) is 51.9 Å². The van der Waals surface area contributed by atoms with Gasteiger partial charge in [0.1, 0.15) is 0 Å².